The molecule has 26 heavy (non-hydrogen) atoms. The molecule has 0 saturated carbocycles. The first-order valence-corrected chi connectivity index (χ1v) is 9.64. The van der Waals surface area contributed by atoms with Gasteiger partial charge >= 0.3 is 0 Å². The Balaban J connectivity index is 1.74. The zero-order chi connectivity index (χ0) is 17.9. The number of carbonyl (C=O) groups excluding carboxylic acids is 1. The number of aromatic amines is 1. The Labute approximate surface area is 150 Å². The van der Waals surface area contributed by atoms with Gasteiger partial charge in [-0.05, 0) is 59.0 Å². The highest BCUT2D eigenvalue weighted by Gasteiger charge is 2.34. The van der Waals surface area contributed by atoms with Gasteiger partial charge in [0.15, 0.2) is 5.78 Å². The first-order valence-electron chi connectivity index (χ1n) is 8.16. The standard InChI is InChI=1S/C21H13NO3S/c23-21-16-3-1-2-4-19(16)26(24,25)20-12-14(5-7-17(20)21)13-6-8-18-15(11-13)9-10-22-18/h1-12,22H. The zero-order valence-corrected chi connectivity index (χ0v) is 14.4. The fourth-order valence-corrected chi connectivity index (χ4v) is 5.17. The average Bonchev–Trinajstić information content (AvgIpc) is 3.14. The van der Waals surface area contributed by atoms with E-state index in [0.29, 0.717) is 0 Å². The molecular weight excluding hydrogens is 346 g/mol. The van der Waals surface area contributed by atoms with E-state index in [-0.39, 0.29) is 26.7 Å². The Morgan fingerprint density at radius 2 is 1.46 bits per heavy atom. The molecule has 5 rings (SSSR count). The summed E-state index contributed by atoms with van der Waals surface area (Å²) in [5.41, 5.74) is 3.16. The number of ketones is 1. The first-order chi connectivity index (χ1) is 12.6. The molecule has 2 heterocycles. The molecule has 0 unspecified atom stereocenters. The minimum Gasteiger partial charge on any atom is -0.361 e. The van der Waals surface area contributed by atoms with Crippen molar-refractivity contribution in [3.63, 3.8) is 0 Å². The molecule has 1 aliphatic heterocycles. The van der Waals surface area contributed by atoms with Gasteiger partial charge in [0.25, 0.3) is 0 Å². The lowest BCUT2D eigenvalue weighted by Gasteiger charge is -2.19. The number of aromatic nitrogens is 1. The maximum Gasteiger partial charge on any atom is 0.208 e. The molecule has 0 amide bonds. The Bertz CT molecular complexity index is 1320. The lowest BCUT2D eigenvalue weighted by atomic mass is 9.98. The van der Waals surface area contributed by atoms with Crippen molar-refractivity contribution in [3.05, 3.63) is 84.1 Å². The zero-order valence-electron chi connectivity index (χ0n) is 13.6. The van der Waals surface area contributed by atoms with E-state index in [0.717, 1.165) is 22.0 Å². The van der Waals surface area contributed by atoms with Crippen LogP contribution in [0.15, 0.2) is 82.7 Å². The highest BCUT2D eigenvalue weighted by atomic mass is 32.2. The number of hydrogen-bond donors (Lipinski definition) is 1. The molecule has 1 N–H and O–H groups in total. The smallest absolute Gasteiger partial charge is 0.208 e. The summed E-state index contributed by atoms with van der Waals surface area (Å²) in [6, 6.07) is 19.2. The molecule has 0 atom stereocenters. The largest absolute Gasteiger partial charge is 0.361 e. The van der Waals surface area contributed by atoms with Gasteiger partial charge in [0.05, 0.1) is 9.79 Å². The number of nitrogens with one attached hydrogen (secondary N) is 1. The lowest BCUT2D eigenvalue weighted by molar-refractivity contribution is 0.103. The van der Waals surface area contributed by atoms with Crippen LogP contribution >= 0.6 is 0 Å². The van der Waals surface area contributed by atoms with E-state index in [1.807, 2.05) is 30.5 Å². The SMILES string of the molecule is O=C1c2ccccc2S(=O)(=O)c2cc(-c3ccc4[nH]ccc4c3)ccc21. The number of hydrogen-bond acceptors (Lipinski definition) is 3. The van der Waals surface area contributed by atoms with Gasteiger partial charge < -0.3 is 4.98 Å². The molecule has 4 nitrogen and oxygen atoms in total. The molecule has 0 spiro atoms. The molecule has 126 valence electrons. The third kappa shape index (κ3) is 2.01. The molecule has 5 heteroatoms. The van der Waals surface area contributed by atoms with E-state index in [1.54, 1.807) is 36.4 Å². The van der Waals surface area contributed by atoms with Crippen LogP contribution < -0.4 is 0 Å². The Hall–Kier alpha value is -3.18. The fraction of sp³-hybridized carbons (Fsp3) is 0. The number of carbonyl (C=O) groups is 1. The Kier molecular flexibility index (Phi) is 3.00. The predicted molar refractivity (Wildman–Crippen MR) is 99.1 cm³/mol. The molecule has 0 saturated heterocycles. The third-order valence-electron chi connectivity index (χ3n) is 4.82. The molecule has 1 aromatic heterocycles. The molecule has 0 radical (unpaired) electrons. The Morgan fingerprint density at radius 1 is 0.731 bits per heavy atom. The van der Waals surface area contributed by atoms with E-state index in [1.165, 1.54) is 6.07 Å². The van der Waals surface area contributed by atoms with Crippen molar-refractivity contribution >= 4 is 26.5 Å². The summed E-state index contributed by atoms with van der Waals surface area (Å²) < 4.78 is 26.1. The van der Waals surface area contributed by atoms with Crippen LogP contribution in [0.5, 0.6) is 0 Å². The van der Waals surface area contributed by atoms with Crippen molar-refractivity contribution in [2.45, 2.75) is 9.79 Å². The number of fused-ring (bicyclic) bond motifs is 3. The van der Waals surface area contributed by atoms with Crippen molar-refractivity contribution in [1.29, 1.82) is 0 Å². The van der Waals surface area contributed by atoms with Crippen LogP contribution in [0.4, 0.5) is 0 Å². The maximum absolute atomic E-state index is 13.0. The van der Waals surface area contributed by atoms with E-state index >= 15 is 0 Å². The summed E-state index contributed by atoms with van der Waals surface area (Å²) in [4.78, 5) is 16.0. The third-order valence-corrected chi connectivity index (χ3v) is 6.68. The quantitative estimate of drug-likeness (QED) is 0.487. The summed E-state index contributed by atoms with van der Waals surface area (Å²) >= 11 is 0. The number of rotatable bonds is 1. The monoisotopic (exact) mass is 359 g/mol. The van der Waals surface area contributed by atoms with Gasteiger partial charge in [-0.25, -0.2) is 8.42 Å². The summed E-state index contributed by atoms with van der Waals surface area (Å²) in [6.45, 7) is 0. The summed E-state index contributed by atoms with van der Waals surface area (Å²) in [7, 11) is -3.72. The van der Waals surface area contributed by atoms with Crippen LogP contribution in [0.25, 0.3) is 22.0 Å². The van der Waals surface area contributed by atoms with Crippen LogP contribution in [-0.2, 0) is 9.84 Å². The number of sulfone groups is 1. The van der Waals surface area contributed by atoms with Gasteiger partial charge in [-0.1, -0.05) is 24.3 Å². The lowest BCUT2D eigenvalue weighted by Crippen LogP contribution is -2.20. The normalized spacial score (nSPS) is 14.8. The van der Waals surface area contributed by atoms with Crippen molar-refractivity contribution < 1.29 is 13.2 Å². The minimum absolute atomic E-state index is 0.0767. The molecule has 3 aromatic carbocycles. The average molecular weight is 359 g/mol. The van der Waals surface area contributed by atoms with Crippen LogP contribution in [0, 0.1) is 0 Å². The van der Waals surface area contributed by atoms with Gasteiger partial charge in [-0.3, -0.25) is 4.79 Å². The van der Waals surface area contributed by atoms with Gasteiger partial charge in [-0.15, -0.1) is 0 Å². The topological polar surface area (TPSA) is 67.0 Å². The summed E-state index contributed by atoms with van der Waals surface area (Å²) in [5, 5.41) is 1.05. The van der Waals surface area contributed by atoms with E-state index in [4.69, 9.17) is 0 Å². The molecule has 0 bridgehead atoms. The van der Waals surface area contributed by atoms with Gasteiger partial charge in [0.1, 0.15) is 0 Å². The van der Waals surface area contributed by atoms with Crippen molar-refractivity contribution in [1.82, 2.24) is 4.98 Å². The van der Waals surface area contributed by atoms with Gasteiger partial charge in [-0.2, -0.15) is 0 Å². The van der Waals surface area contributed by atoms with E-state index < -0.39 is 9.84 Å². The molecular formula is C21H13NO3S. The highest BCUT2D eigenvalue weighted by molar-refractivity contribution is 7.91. The minimum atomic E-state index is -3.72. The molecule has 0 aliphatic carbocycles. The summed E-state index contributed by atoms with van der Waals surface area (Å²) in [5.74, 6) is -0.252. The highest BCUT2D eigenvalue weighted by Crippen LogP contribution is 2.37. The van der Waals surface area contributed by atoms with Gasteiger partial charge in [0.2, 0.25) is 9.84 Å². The predicted octanol–water partition coefficient (Wildman–Crippen LogP) is 4.21. The van der Waals surface area contributed by atoms with Crippen LogP contribution in [0.3, 0.4) is 0 Å². The summed E-state index contributed by atoms with van der Waals surface area (Å²) in [6.07, 6.45) is 1.86. The van der Waals surface area contributed by atoms with Crippen LogP contribution in [0.1, 0.15) is 15.9 Å². The molecule has 4 aromatic rings. The van der Waals surface area contributed by atoms with Crippen LogP contribution in [-0.4, -0.2) is 19.2 Å². The van der Waals surface area contributed by atoms with E-state index in [9.17, 15) is 13.2 Å². The second-order valence-electron chi connectivity index (χ2n) is 6.32. The molecule has 0 fully saturated rings. The fourth-order valence-electron chi connectivity index (χ4n) is 3.50. The van der Waals surface area contributed by atoms with Crippen molar-refractivity contribution in [2.24, 2.45) is 0 Å². The van der Waals surface area contributed by atoms with Crippen molar-refractivity contribution in [3.8, 4) is 11.1 Å². The Morgan fingerprint density at radius 3 is 2.35 bits per heavy atom. The van der Waals surface area contributed by atoms with Crippen LogP contribution in [0.2, 0.25) is 0 Å². The second-order valence-corrected chi connectivity index (χ2v) is 8.21. The van der Waals surface area contributed by atoms with E-state index in [2.05, 4.69) is 4.98 Å². The van der Waals surface area contributed by atoms with Crippen molar-refractivity contribution in [2.75, 3.05) is 0 Å². The van der Waals surface area contributed by atoms with Gasteiger partial charge in [0, 0.05) is 22.8 Å². The maximum atomic E-state index is 13.0. The molecule has 1 aliphatic rings. The number of benzene rings is 3. The number of H-pyrrole nitrogens is 1. The first kappa shape index (κ1) is 15.1. The second kappa shape index (κ2) is 5.16.